The fraction of sp³-hybridized carbons (Fsp3) is 0.458. The molecule has 2 unspecified atom stereocenters. The van der Waals surface area contributed by atoms with Crippen LogP contribution in [0.2, 0.25) is 0 Å². The minimum Gasteiger partial charge on any atom is -0.347 e. The van der Waals surface area contributed by atoms with E-state index in [0.717, 1.165) is 53.4 Å². The van der Waals surface area contributed by atoms with Gasteiger partial charge in [0.25, 0.3) is 5.56 Å². The van der Waals surface area contributed by atoms with E-state index in [1.165, 1.54) is 21.3 Å². The van der Waals surface area contributed by atoms with Gasteiger partial charge in [0.1, 0.15) is 11.4 Å². The molecule has 1 saturated carbocycles. The van der Waals surface area contributed by atoms with Crippen LogP contribution >= 0.6 is 11.3 Å². The number of hydrogen-bond donors (Lipinski definition) is 1. The maximum absolute atomic E-state index is 13.2. The maximum atomic E-state index is 13.2. The highest BCUT2D eigenvalue weighted by Gasteiger charge is 2.33. The Morgan fingerprint density at radius 3 is 2.77 bits per heavy atom. The average Bonchev–Trinajstić information content (AvgIpc) is 3.49. The summed E-state index contributed by atoms with van der Waals surface area (Å²) in [5.41, 5.74) is 3.42. The molecule has 0 saturated heterocycles. The number of aromatic nitrogens is 2. The van der Waals surface area contributed by atoms with Gasteiger partial charge in [-0.25, -0.2) is 4.98 Å². The fourth-order valence-electron chi connectivity index (χ4n) is 4.53. The lowest BCUT2D eigenvalue weighted by Gasteiger charge is -2.19. The van der Waals surface area contributed by atoms with Crippen LogP contribution < -0.4 is 10.9 Å². The molecule has 0 spiro atoms. The largest absolute Gasteiger partial charge is 0.347 e. The van der Waals surface area contributed by atoms with E-state index in [4.69, 9.17) is 0 Å². The predicted octanol–water partition coefficient (Wildman–Crippen LogP) is 4.16. The van der Waals surface area contributed by atoms with Gasteiger partial charge in [-0.1, -0.05) is 36.8 Å². The van der Waals surface area contributed by atoms with Crippen molar-refractivity contribution in [3.63, 3.8) is 0 Å². The van der Waals surface area contributed by atoms with Crippen LogP contribution in [0.5, 0.6) is 0 Å². The molecule has 156 valence electrons. The highest BCUT2D eigenvalue weighted by atomic mass is 32.1. The zero-order valence-corrected chi connectivity index (χ0v) is 18.3. The third-order valence-corrected chi connectivity index (χ3v) is 7.60. The Morgan fingerprint density at radius 2 is 2.03 bits per heavy atom. The number of benzene rings is 1. The molecule has 5 nitrogen and oxygen atoms in total. The predicted molar refractivity (Wildman–Crippen MR) is 120 cm³/mol. The number of nitrogens with one attached hydrogen (secondary N) is 1. The number of carbonyl (C=O) groups excluding carboxylic acids is 1. The lowest BCUT2D eigenvalue weighted by Crippen LogP contribution is -2.35. The van der Waals surface area contributed by atoms with Gasteiger partial charge in [0.2, 0.25) is 5.91 Å². The summed E-state index contributed by atoms with van der Waals surface area (Å²) >= 11 is 1.64. The molecule has 0 bridgehead atoms. The van der Waals surface area contributed by atoms with Crippen molar-refractivity contribution in [2.24, 2.45) is 11.8 Å². The Hall–Kier alpha value is -2.47. The Morgan fingerprint density at radius 1 is 1.27 bits per heavy atom. The van der Waals surface area contributed by atoms with Gasteiger partial charge in [-0.3, -0.25) is 14.2 Å². The Kier molecular flexibility index (Phi) is 4.97. The van der Waals surface area contributed by atoms with E-state index in [0.29, 0.717) is 11.8 Å². The van der Waals surface area contributed by atoms with Crippen molar-refractivity contribution in [3.05, 3.63) is 62.5 Å². The molecule has 2 aliphatic rings. The minimum atomic E-state index is -0.131. The molecular formula is C24H27N3O2S. The van der Waals surface area contributed by atoms with Crippen molar-refractivity contribution in [2.75, 3.05) is 0 Å². The fourth-order valence-corrected chi connectivity index (χ4v) is 5.87. The average molecular weight is 422 g/mol. The van der Waals surface area contributed by atoms with Crippen molar-refractivity contribution in [1.82, 2.24) is 14.9 Å². The number of thiophene rings is 1. The Balaban J connectivity index is 1.38. The monoisotopic (exact) mass is 421 g/mol. The van der Waals surface area contributed by atoms with Gasteiger partial charge in [-0.05, 0) is 62.0 Å². The van der Waals surface area contributed by atoms with Crippen molar-refractivity contribution in [3.8, 4) is 0 Å². The van der Waals surface area contributed by atoms with Crippen LogP contribution in [0.25, 0.3) is 10.2 Å². The number of carbonyl (C=O) groups is 1. The van der Waals surface area contributed by atoms with E-state index < -0.39 is 0 Å². The van der Waals surface area contributed by atoms with Gasteiger partial charge in [0.15, 0.2) is 0 Å². The topological polar surface area (TPSA) is 64.0 Å². The second-order valence-electron chi connectivity index (χ2n) is 9.00. The molecule has 5 rings (SSSR count). The Labute approximate surface area is 180 Å². The van der Waals surface area contributed by atoms with E-state index in [-0.39, 0.29) is 24.1 Å². The molecule has 0 aliphatic heterocycles. The quantitative estimate of drug-likeness (QED) is 0.673. The normalized spacial score (nSPS) is 19.5. The number of nitrogens with zero attached hydrogens (tertiary/aromatic N) is 2. The van der Waals surface area contributed by atoms with Crippen LogP contribution in [0.15, 0.2) is 35.4 Å². The minimum absolute atomic E-state index is 0.0118. The first kappa shape index (κ1) is 19.5. The molecular weight excluding hydrogens is 394 g/mol. The molecule has 30 heavy (non-hydrogen) atoms. The number of hydrogen-bond acceptors (Lipinski definition) is 4. The summed E-state index contributed by atoms with van der Waals surface area (Å²) in [5.74, 6) is 1.01. The molecule has 2 aromatic heterocycles. The van der Waals surface area contributed by atoms with Crippen LogP contribution in [-0.4, -0.2) is 15.5 Å². The summed E-state index contributed by atoms with van der Waals surface area (Å²) in [6.45, 7) is 4.33. The number of aryl methyl sites for hydroxylation is 2. The van der Waals surface area contributed by atoms with Gasteiger partial charge in [-0.2, -0.15) is 0 Å². The van der Waals surface area contributed by atoms with E-state index in [1.807, 2.05) is 0 Å². The first-order chi connectivity index (χ1) is 14.5. The summed E-state index contributed by atoms with van der Waals surface area (Å²) < 4.78 is 1.47. The lowest BCUT2D eigenvalue weighted by atomic mass is 9.89. The van der Waals surface area contributed by atoms with Gasteiger partial charge in [-0.15, -0.1) is 11.3 Å². The highest BCUT2D eigenvalue weighted by Crippen LogP contribution is 2.41. The first-order valence-electron chi connectivity index (χ1n) is 10.8. The molecule has 2 aliphatic carbocycles. The zero-order valence-electron chi connectivity index (χ0n) is 17.5. The number of amides is 1. The smallest absolute Gasteiger partial charge is 0.262 e. The Bertz CT molecular complexity index is 1160. The summed E-state index contributed by atoms with van der Waals surface area (Å²) in [6, 6.07) is 8.37. The van der Waals surface area contributed by atoms with E-state index >= 15 is 0 Å². The van der Waals surface area contributed by atoms with Gasteiger partial charge in [0, 0.05) is 4.88 Å². The van der Waals surface area contributed by atoms with Gasteiger partial charge < -0.3 is 5.32 Å². The van der Waals surface area contributed by atoms with Gasteiger partial charge in [0.05, 0.1) is 17.8 Å². The van der Waals surface area contributed by atoms with Crippen LogP contribution in [-0.2, 0) is 24.2 Å². The van der Waals surface area contributed by atoms with Gasteiger partial charge >= 0.3 is 0 Å². The third kappa shape index (κ3) is 3.69. The molecule has 1 amide bonds. The molecule has 3 aromatic rings. The third-order valence-electron chi connectivity index (χ3n) is 6.44. The summed E-state index contributed by atoms with van der Waals surface area (Å²) in [6.07, 6.45) is 6.86. The van der Waals surface area contributed by atoms with Crippen LogP contribution in [0, 0.1) is 18.8 Å². The zero-order chi connectivity index (χ0) is 20.8. The molecule has 1 aromatic carbocycles. The van der Waals surface area contributed by atoms with Crippen LogP contribution in [0.3, 0.4) is 0 Å². The SMILES string of the molecule is Cc1ccc(C(NC(=O)Cn2cnc3sc4c(c3c2=O)CCC(C)C4)C2CC2)cc1. The number of fused-ring (bicyclic) bond motifs is 3. The molecule has 2 atom stereocenters. The summed E-state index contributed by atoms with van der Waals surface area (Å²) in [5, 5.41) is 3.91. The molecule has 2 heterocycles. The van der Waals surface area contributed by atoms with Crippen LogP contribution in [0.1, 0.15) is 53.8 Å². The molecule has 0 radical (unpaired) electrons. The standard InChI is InChI=1S/C24H27N3O2S/c1-14-3-6-16(7-4-14)22(17-8-9-17)26-20(28)12-27-13-25-23-21(24(27)29)18-10-5-15(2)11-19(18)30-23/h3-4,6-7,13,15,17,22H,5,8-12H2,1-2H3,(H,26,28). The lowest BCUT2D eigenvalue weighted by molar-refractivity contribution is -0.122. The second-order valence-corrected chi connectivity index (χ2v) is 10.1. The summed E-state index contributed by atoms with van der Waals surface area (Å²) in [7, 11) is 0. The van der Waals surface area contributed by atoms with Crippen molar-refractivity contribution >= 4 is 27.5 Å². The van der Waals surface area contributed by atoms with E-state index in [9.17, 15) is 9.59 Å². The van der Waals surface area contributed by atoms with Crippen molar-refractivity contribution in [1.29, 1.82) is 0 Å². The highest BCUT2D eigenvalue weighted by molar-refractivity contribution is 7.18. The van der Waals surface area contributed by atoms with Crippen LogP contribution in [0.4, 0.5) is 0 Å². The number of rotatable bonds is 5. The van der Waals surface area contributed by atoms with E-state index in [1.54, 1.807) is 11.3 Å². The maximum Gasteiger partial charge on any atom is 0.262 e. The second kappa shape index (κ2) is 7.65. The summed E-state index contributed by atoms with van der Waals surface area (Å²) in [4.78, 5) is 32.7. The van der Waals surface area contributed by atoms with Crippen molar-refractivity contribution < 1.29 is 4.79 Å². The molecule has 6 heteroatoms. The van der Waals surface area contributed by atoms with Crippen molar-refractivity contribution in [2.45, 2.75) is 58.5 Å². The molecule has 1 fully saturated rings. The first-order valence-corrected chi connectivity index (χ1v) is 11.7. The molecule has 1 N–H and O–H groups in total. The van der Waals surface area contributed by atoms with E-state index in [2.05, 4.69) is 48.4 Å².